The van der Waals surface area contributed by atoms with Crippen LogP contribution >= 0.6 is 31.9 Å². The number of carbonyl (C=O) groups is 1. The number of benzene rings is 2. The number of aromatic hydroxyl groups is 2. The molecule has 0 fully saturated rings. The average Bonchev–Trinajstić information content (AvgIpc) is 2.51. The van der Waals surface area contributed by atoms with Crippen molar-refractivity contribution in [1.82, 2.24) is 0 Å². The van der Waals surface area contributed by atoms with Crippen LogP contribution in [0.3, 0.4) is 0 Å². The predicted molar refractivity (Wildman–Crippen MR) is 94.3 cm³/mol. The van der Waals surface area contributed by atoms with Crippen LogP contribution in [-0.2, 0) is 4.79 Å². The Morgan fingerprint density at radius 2 is 1.78 bits per heavy atom. The van der Waals surface area contributed by atoms with E-state index in [1.54, 1.807) is 12.1 Å². The lowest BCUT2D eigenvalue weighted by molar-refractivity contribution is -0.138. The van der Waals surface area contributed by atoms with Crippen LogP contribution < -0.4 is 0 Å². The number of nitrogens with zero attached hydrogens (tertiary/aromatic N) is 1. The van der Waals surface area contributed by atoms with Gasteiger partial charge in [-0.3, -0.25) is 4.99 Å². The molecule has 0 bridgehead atoms. The zero-order chi connectivity index (χ0) is 17.1. The van der Waals surface area contributed by atoms with Crippen molar-refractivity contribution in [1.29, 1.82) is 0 Å². The standard InChI is InChI=1S/C16H13Br2NO4/c1-8-2-4-9(5-3-8)13(16(22)23)19-7-10-6-11(17)15(21)12(18)14(10)20/h2-7,13,20-21H,1H3,(H,22,23). The minimum absolute atomic E-state index is 0.107. The number of carboxylic acid groups (broad SMARTS) is 1. The number of aryl methyl sites for hydroxylation is 1. The summed E-state index contributed by atoms with van der Waals surface area (Å²) >= 11 is 6.21. The molecule has 2 aromatic carbocycles. The molecule has 3 N–H and O–H groups in total. The van der Waals surface area contributed by atoms with Crippen molar-refractivity contribution in [2.75, 3.05) is 0 Å². The van der Waals surface area contributed by atoms with Crippen LogP contribution in [0.2, 0.25) is 0 Å². The second-order valence-electron chi connectivity index (χ2n) is 4.89. The van der Waals surface area contributed by atoms with E-state index in [0.717, 1.165) is 5.56 Å². The molecule has 0 saturated carbocycles. The summed E-state index contributed by atoms with van der Waals surface area (Å²) < 4.78 is 0.460. The van der Waals surface area contributed by atoms with E-state index in [1.165, 1.54) is 12.3 Å². The van der Waals surface area contributed by atoms with Gasteiger partial charge < -0.3 is 15.3 Å². The molecule has 0 radical (unpaired) electrons. The molecule has 0 aliphatic heterocycles. The Kier molecular flexibility index (Phi) is 5.43. The van der Waals surface area contributed by atoms with E-state index >= 15 is 0 Å². The molecule has 7 heteroatoms. The molecule has 1 unspecified atom stereocenters. The van der Waals surface area contributed by atoms with E-state index < -0.39 is 12.0 Å². The van der Waals surface area contributed by atoms with Gasteiger partial charge in [0.25, 0.3) is 0 Å². The van der Waals surface area contributed by atoms with E-state index in [4.69, 9.17) is 0 Å². The van der Waals surface area contributed by atoms with Gasteiger partial charge in [0.15, 0.2) is 6.04 Å². The lowest BCUT2D eigenvalue weighted by Crippen LogP contribution is -2.09. The molecule has 2 aromatic rings. The number of phenolic OH excluding ortho intramolecular Hbond substituents is 2. The maximum absolute atomic E-state index is 11.4. The topological polar surface area (TPSA) is 90.1 Å². The zero-order valence-electron chi connectivity index (χ0n) is 12.0. The molecule has 0 aromatic heterocycles. The van der Waals surface area contributed by atoms with Crippen molar-refractivity contribution >= 4 is 44.0 Å². The van der Waals surface area contributed by atoms with Crippen molar-refractivity contribution in [2.24, 2.45) is 4.99 Å². The maximum Gasteiger partial charge on any atom is 0.333 e. The summed E-state index contributed by atoms with van der Waals surface area (Å²) in [7, 11) is 0. The number of halogens is 2. The molecule has 1 atom stereocenters. The molecule has 0 saturated heterocycles. The van der Waals surface area contributed by atoms with Gasteiger partial charge >= 0.3 is 5.97 Å². The predicted octanol–water partition coefficient (Wildman–Crippen LogP) is 4.18. The number of carboxylic acids is 1. The van der Waals surface area contributed by atoms with Crippen LogP contribution in [-0.4, -0.2) is 27.5 Å². The SMILES string of the molecule is Cc1ccc(C(N=Cc2cc(Br)c(O)c(Br)c2O)C(=O)O)cc1. The van der Waals surface area contributed by atoms with E-state index in [0.29, 0.717) is 10.0 Å². The highest BCUT2D eigenvalue weighted by Gasteiger charge is 2.19. The summed E-state index contributed by atoms with van der Waals surface area (Å²) in [5.74, 6) is -1.46. The second kappa shape index (κ2) is 7.14. The largest absolute Gasteiger partial charge is 0.506 e. The van der Waals surface area contributed by atoms with E-state index in [2.05, 4.69) is 36.9 Å². The lowest BCUT2D eigenvalue weighted by atomic mass is 10.1. The molecule has 120 valence electrons. The summed E-state index contributed by atoms with van der Waals surface area (Å²) in [4.78, 5) is 15.5. The van der Waals surface area contributed by atoms with Crippen molar-refractivity contribution in [3.63, 3.8) is 0 Å². The van der Waals surface area contributed by atoms with E-state index in [9.17, 15) is 20.1 Å². The zero-order valence-corrected chi connectivity index (χ0v) is 15.2. The third-order valence-corrected chi connectivity index (χ3v) is 4.54. The molecule has 0 heterocycles. The van der Waals surface area contributed by atoms with Gasteiger partial charge in [-0.2, -0.15) is 0 Å². The van der Waals surface area contributed by atoms with Gasteiger partial charge in [0, 0.05) is 11.8 Å². The first-order valence-corrected chi connectivity index (χ1v) is 8.12. The molecule has 5 nitrogen and oxygen atoms in total. The number of hydrogen-bond donors (Lipinski definition) is 3. The highest BCUT2D eigenvalue weighted by molar-refractivity contribution is 9.11. The van der Waals surface area contributed by atoms with Crippen LogP contribution in [0.1, 0.15) is 22.7 Å². The summed E-state index contributed by atoms with van der Waals surface area (Å²) in [5.41, 5.74) is 1.83. The number of hydrogen-bond acceptors (Lipinski definition) is 4. The van der Waals surface area contributed by atoms with Gasteiger partial charge in [0.1, 0.15) is 16.0 Å². The Morgan fingerprint density at radius 3 is 2.35 bits per heavy atom. The molecule has 23 heavy (non-hydrogen) atoms. The van der Waals surface area contributed by atoms with Gasteiger partial charge in [-0.15, -0.1) is 0 Å². The third-order valence-electron chi connectivity index (χ3n) is 3.19. The number of rotatable bonds is 4. The van der Waals surface area contributed by atoms with Gasteiger partial charge in [-0.25, -0.2) is 4.79 Å². The molecular formula is C16H13Br2NO4. The van der Waals surface area contributed by atoms with Crippen LogP contribution in [0.25, 0.3) is 0 Å². The number of phenols is 2. The Balaban J connectivity index is 2.40. The molecule has 0 spiro atoms. The van der Waals surface area contributed by atoms with Crippen molar-refractivity contribution < 1.29 is 20.1 Å². The second-order valence-corrected chi connectivity index (χ2v) is 6.54. The number of aliphatic imine (C=N–C) groups is 1. The first-order valence-electron chi connectivity index (χ1n) is 6.53. The maximum atomic E-state index is 11.4. The highest BCUT2D eigenvalue weighted by Crippen LogP contribution is 2.40. The average molecular weight is 443 g/mol. The summed E-state index contributed by atoms with van der Waals surface area (Å²) in [6.45, 7) is 1.91. The Morgan fingerprint density at radius 1 is 1.17 bits per heavy atom. The molecular weight excluding hydrogens is 430 g/mol. The minimum atomic E-state index is -1.10. The monoisotopic (exact) mass is 441 g/mol. The first-order chi connectivity index (χ1) is 10.8. The molecule has 2 rings (SSSR count). The van der Waals surface area contributed by atoms with Crippen LogP contribution in [0.15, 0.2) is 44.3 Å². The summed E-state index contributed by atoms with van der Waals surface area (Å²) in [5, 5.41) is 29.0. The third kappa shape index (κ3) is 3.92. The summed E-state index contributed by atoms with van der Waals surface area (Å²) in [6.07, 6.45) is 1.27. The fourth-order valence-electron chi connectivity index (χ4n) is 1.91. The van der Waals surface area contributed by atoms with Crippen LogP contribution in [0.5, 0.6) is 11.5 Å². The Bertz CT molecular complexity index is 773. The van der Waals surface area contributed by atoms with Gasteiger partial charge in [-0.1, -0.05) is 29.8 Å². The van der Waals surface area contributed by atoms with Crippen LogP contribution in [0.4, 0.5) is 0 Å². The molecule has 0 aliphatic carbocycles. The molecule has 0 amide bonds. The Labute approximate surface area is 149 Å². The van der Waals surface area contributed by atoms with Gasteiger partial charge in [0.2, 0.25) is 0 Å². The van der Waals surface area contributed by atoms with Crippen molar-refractivity contribution in [3.05, 3.63) is 56.0 Å². The van der Waals surface area contributed by atoms with Crippen LogP contribution in [0, 0.1) is 6.92 Å². The smallest absolute Gasteiger partial charge is 0.333 e. The van der Waals surface area contributed by atoms with Crippen molar-refractivity contribution in [3.8, 4) is 11.5 Å². The quantitative estimate of drug-likeness (QED) is 0.619. The number of aliphatic carboxylic acids is 1. The van der Waals surface area contributed by atoms with Gasteiger partial charge in [0.05, 0.1) is 4.47 Å². The normalized spacial score (nSPS) is 12.5. The lowest BCUT2D eigenvalue weighted by Gasteiger charge is -2.10. The first kappa shape index (κ1) is 17.5. The molecule has 0 aliphatic rings. The Hall–Kier alpha value is -1.86. The van der Waals surface area contributed by atoms with Gasteiger partial charge in [-0.05, 0) is 50.4 Å². The van der Waals surface area contributed by atoms with E-state index in [-0.39, 0.29) is 21.5 Å². The van der Waals surface area contributed by atoms with E-state index in [1.807, 2.05) is 19.1 Å². The summed E-state index contributed by atoms with van der Waals surface area (Å²) in [6, 6.07) is 7.40. The van der Waals surface area contributed by atoms with Crippen molar-refractivity contribution in [2.45, 2.75) is 13.0 Å². The highest BCUT2D eigenvalue weighted by atomic mass is 79.9. The minimum Gasteiger partial charge on any atom is -0.506 e. The fourth-order valence-corrected chi connectivity index (χ4v) is 3.06. The fraction of sp³-hybridized carbons (Fsp3) is 0.125.